The van der Waals surface area contributed by atoms with Gasteiger partial charge in [0.2, 0.25) is 0 Å². The SMILES string of the molecule is CCC1C(=O)N=C(n2nc(-c3ccco3)cc2NC(=O)c2ccc(Br)o2)N=C1C. The van der Waals surface area contributed by atoms with Crippen LogP contribution in [-0.2, 0) is 4.79 Å². The number of rotatable bonds is 4. The standard InChI is InChI=1S/C19H16BrN5O4/c1-3-11-10(2)21-19(23-17(11)26)25-16(9-12(24-25)13-5-4-8-28-13)22-18(27)14-6-7-15(20)29-14/h4-9,11H,3H2,1-2H3,(H,22,27). The van der Waals surface area contributed by atoms with E-state index >= 15 is 0 Å². The minimum atomic E-state index is -0.488. The highest BCUT2D eigenvalue weighted by Crippen LogP contribution is 2.25. The molecule has 3 aromatic rings. The van der Waals surface area contributed by atoms with Gasteiger partial charge in [0, 0.05) is 11.8 Å². The highest BCUT2D eigenvalue weighted by Gasteiger charge is 2.27. The summed E-state index contributed by atoms with van der Waals surface area (Å²) < 4.78 is 12.4. The molecule has 0 radical (unpaired) electrons. The molecule has 1 aliphatic heterocycles. The van der Waals surface area contributed by atoms with Crippen LogP contribution in [0.15, 0.2) is 60.1 Å². The Bertz CT molecular complexity index is 1140. The zero-order valence-corrected chi connectivity index (χ0v) is 17.1. The number of aromatic nitrogens is 2. The van der Waals surface area contributed by atoms with Crippen molar-refractivity contribution in [2.75, 3.05) is 5.32 Å². The van der Waals surface area contributed by atoms with Gasteiger partial charge in [-0.3, -0.25) is 9.59 Å². The molecule has 0 bridgehead atoms. The van der Waals surface area contributed by atoms with Crippen LogP contribution >= 0.6 is 15.9 Å². The Labute approximate surface area is 173 Å². The fraction of sp³-hybridized carbons (Fsp3) is 0.211. The summed E-state index contributed by atoms with van der Waals surface area (Å²) in [5.41, 5.74) is 1.09. The van der Waals surface area contributed by atoms with E-state index in [1.54, 1.807) is 31.2 Å². The maximum Gasteiger partial charge on any atom is 0.292 e. The van der Waals surface area contributed by atoms with Crippen molar-refractivity contribution in [3.05, 3.63) is 47.0 Å². The Morgan fingerprint density at radius 3 is 2.76 bits per heavy atom. The lowest BCUT2D eigenvalue weighted by molar-refractivity contribution is -0.119. The van der Waals surface area contributed by atoms with Gasteiger partial charge in [-0.15, -0.1) is 0 Å². The number of anilines is 1. The number of carbonyl (C=O) groups is 2. The smallest absolute Gasteiger partial charge is 0.292 e. The second-order valence-corrected chi connectivity index (χ2v) is 7.11. The maximum absolute atomic E-state index is 12.6. The summed E-state index contributed by atoms with van der Waals surface area (Å²) in [6.07, 6.45) is 2.13. The Hall–Kier alpha value is -3.27. The van der Waals surface area contributed by atoms with Gasteiger partial charge in [0.1, 0.15) is 11.5 Å². The van der Waals surface area contributed by atoms with Crippen molar-refractivity contribution in [2.24, 2.45) is 15.9 Å². The molecule has 10 heteroatoms. The number of nitrogens with one attached hydrogen (secondary N) is 1. The Balaban J connectivity index is 1.74. The third-order valence-corrected chi connectivity index (χ3v) is 4.83. The molecule has 29 heavy (non-hydrogen) atoms. The lowest BCUT2D eigenvalue weighted by Gasteiger charge is -2.17. The van der Waals surface area contributed by atoms with Crippen LogP contribution in [0.4, 0.5) is 5.82 Å². The number of halogens is 1. The number of amides is 2. The summed E-state index contributed by atoms with van der Waals surface area (Å²) in [6, 6.07) is 8.21. The van der Waals surface area contributed by atoms with E-state index in [0.717, 1.165) is 0 Å². The second kappa shape index (κ2) is 7.63. The first-order valence-corrected chi connectivity index (χ1v) is 9.64. The summed E-state index contributed by atoms with van der Waals surface area (Å²) in [7, 11) is 0. The molecule has 0 saturated heterocycles. The van der Waals surface area contributed by atoms with Gasteiger partial charge >= 0.3 is 0 Å². The van der Waals surface area contributed by atoms with Crippen molar-refractivity contribution < 1.29 is 18.4 Å². The van der Waals surface area contributed by atoms with Gasteiger partial charge < -0.3 is 14.2 Å². The minimum absolute atomic E-state index is 0.0749. The molecule has 9 nitrogen and oxygen atoms in total. The van der Waals surface area contributed by atoms with E-state index in [2.05, 4.69) is 36.3 Å². The first-order chi connectivity index (χ1) is 14.0. The quantitative estimate of drug-likeness (QED) is 0.635. The van der Waals surface area contributed by atoms with Gasteiger partial charge in [-0.05, 0) is 53.5 Å². The highest BCUT2D eigenvalue weighted by atomic mass is 79.9. The normalized spacial score (nSPS) is 16.5. The van der Waals surface area contributed by atoms with E-state index in [1.165, 1.54) is 17.0 Å². The van der Waals surface area contributed by atoms with Crippen molar-refractivity contribution in [1.29, 1.82) is 0 Å². The molecule has 1 unspecified atom stereocenters. The van der Waals surface area contributed by atoms with Crippen LogP contribution in [0, 0.1) is 5.92 Å². The molecule has 0 spiro atoms. The second-order valence-electron chi connectivity index (χ2n) is 6.33. The molecule has 3 aromatic heterocycles. The maximum atomic E-state index is 12.6. The lowest BCUT2D eigenvalue weighted by atomic mass is 10.00. The highest BCUT2D eigenvalue weighted by molar-refractivity contribution is 9.10. The van der Waals surface area contributed by atoms with Gasteiger partial charge in [-0.25, -0.2) is 4.99 Å². The molecule has 4 heterocycles. The topological polar surface area (TPSA) is 115 Å². The average molecular weight is 458 g/mol. The number of furan rings is 2. The number of hydrogen-bond acceptors (Lipinski definition) is 6. The van der Waals surface area contributed by atoms with E-state index in [1.807, 2.05) is 6.92 Å². The van der Waals surface area contributed by atoms with Gasteiger partial charge in [-0.1, -0.05) is 6.92 Å². The van der Waals surface area contributed by atoms with Gasteiger partial charge in [-0.2, -0.15) is 14.8 Å². The predicted octanol–water partition coefficient (Wildman–Crippen LogP) is 3.98. The van der Waals surface area contributed by atoms with E-state index in [9.17, 15) is 9.59 Å². The largest absolute Gasteiger partial charge is 0.463 e. The zero-order valence-electron chi connectivity index (χ0n) is 15.5. The number of nitrogens with zero attached hydrogens (tertiary/aromatic N) is 4. The van der Waals surface area contributed by atoms with Crippen molar-refractivity contribution in [3.63, 3.8) is 0 Å². The summed E-state index contributed by atoms with van der Waals surface area (Å²) in [4.78, 5) is 33.4. The van der Waals surface area contributed by atoms with Gasteiger partial charge in [0.25, 0.3) is 17.8 Å². The summed E-state index contributed by atoms with van der Waals surface area (Å²) >= 11 is 3.17. The van der Waals surface area contributed by atoms with Crippen LogP contribution in [-0.4, -0.2) is 33.3 Å². The molecule has 0 saturated carbocycles. The van der Waals surface area contributed by atoms with Crippen molar-refractivity contribution >= 4 is 45.2 Å². The zero-order chi connectivity index (χ0) is 20.5. The fourth-order valence-electron chi connectivity index (χ4n) is 2.96. The molecule has 4 rings (SSSR count). The van der Waals surface area contributed by atoms with E-state index in [-0.39, 0.29) is 29.4 Å². The third-order valence-electron chi connectivity index (χ3n) is 4.41. The molecule has 148 valence electrons. The van der Waals surface area contributed by atoms with E-state index in [4.69, 9.17) is 8.83 Å². The summed E-state index contributed by atoms with van der Waals surface area (Å²) in [6.45, 7) is 3.68. The molecule has 1 aliphatic rings. The van der Waals surface area contributed by atoms with Crippen LogP contribution < -0.4 is 5.32 Å². The lowest BCUT2D eigenvalue weighted by Crippen LogP contribution is -2.30. The first-order valence-electron chi connectivity index (χ1n) is 8.85. The Morgan fingerprint density at radius 1 is 1.31 bits per heavy atom. The van der Waals surface area contributed by atoms with Crippen molar-refractivity contribution in [2.45, 2.75) is 20.3 Å². The van der Waals surface area contributed by atoms with Crippen LogP contribution in [0.2, 0.25) is 0 Å². The van der Waals surface area contributed by atoms with Gasteiger partial charge in [0.15, 0.2) is 16.2 Å². The van der Waals surface area contributed by atoms with Crippen LogP contribution in [0.25, 0.3) is 11.5 Å². The molecule has 2 amide bonds. The van der Waals surface area contributed by atoms with E-state index < -0.39 is 5.91 Å². The monoisotopic (exact) mass is 457 g/mol. The average Bonchev–Trinajstić information content (AvgIpc) is 3.41. The predicted molar refractivity (Wildman–Crippen MR) is 109 cm³/mol. The van der Waals surface area contributed by atoms with Gasteiger partial charge in [0.05, 0.1) is 12.2 Å². The van der Waals surface area contributed by atoms with E-state index in [0.29, 0.717) is 28.3 Å². The number of carbonyl (C=O) groups excluding carboxylic acids is 2. The molecule has 1 N–H and O–H groups in total. The molecular weight excluding hydrogens is 442 g/mol. The van der Waals surface area contributed by atoms with Crippen LogP contribution in [0.3, 0.4) is 0 Å². The molecule has 0 aromatic carbocycles. The third kappa shape index (κ3) is 3.70. The van der Waals surface area contributed by atoms with Crippen LogP contribution in [0.5, 0.6) is 0 Å². The minimum Gasteiger partial charge on any atom is -0.463 e. The van der Waals surface area contributed by atoms with Crippen molar-refractivity contribution in [3.8, 4) is 11.5 Å². The number of aliphatic imine (C=N–C) groups is 2. The Morgan fingerprint density at radius 2 is 2.14 bits per heavy atom. The molecule has 1 atom stereocenters. The van der Waals surface area contributed by atoms with Crippen LogP contribution in [0.1, 0.15) is 30.8 Å². The number of hydrogen-bond donors (Lipinski definition) is 1. The fourth-order valence-corrected chi connectivity index (χ4v) is 3.27. The first kappa shape index (κ1) is 19.1. The van der Waals surface area contributed by atoms with Crippen molar-refractivity contribution in [1.82, 2.24) is 9.78 Å². The summed E-state index contributed by atoms with van der Waals surface area (Å²) in [5, 5.41) is 7.14. The molecular formula is C19H16BrN5O4. The molecule has 0 fully saturated rings. The molecule has 0 aliphatic carbocycles. The summed E-state index contributed by atoms with van der Waals surface area (Å²) in [5.74, 6) is -0.184. The Kier molecular flexibility index (Phi) is 5.01.